The summed E-state index contributed by atoms with van der Waals surface area (Å²) in [5.74, 6) is -0.958. The molecule has 146 valence electrons. The Morgan fingerprint density at radius 2 is 1.96 bits per heavy atom. The molecule has 0 saturated carbocycles. The molecule has 7 nitrogen and oxygen atoms in total. The first-order chi connectivity index (χ1) is 13.3. The van der Waals surface area contributed by atoms with Crippen molar-refractivity contribution < 1.29 is 18.0 Å². The van der Waals surface area contributed by atoms with Gasteiger partial charge in [-0.1, -0.05) is 0 Å². The van der Waals surface area contributed by atoms with Crippen molar-refractivity contribution in [3.8, 4) is 0 Å². The van der Waals surface area contributed by atoms with E-state index in [1.807, 2.05) is 19.1 Å². The number of aromatic nitrogens is 4. The Bertz CT molecular complexity index is 1080. The smallest absolute Gasteiger partial charge is 0.340 e. The fourth-order valence-corrected chi connectivity index (χ4v) is 3.33. The molecule has 1 aromatic carbocycles. The minimum atomic E-state index is -4.65. The van der Waals surface area contributed by atoms with Gasteiger partial charge in [0.1, 0.15) is 5.82 Å². The van der Waals surface area contributed by atoms with Crippen LogP contribution in [0.2, 0.25) is 0 Å². The Morgan fingerprint density at radius 1 is 1.18 bits per heavy atom. The Morgan fingerprint density at radius 3 is 2.68 bits per heavy atom. The van der Waals surface area contributed by atoms with Gasteiger partial charge < -0.3 is 10.2 Å². The number of rotatable bonds is 3. The number of hydrogen-bond acceptors (Lipinski definition) is 5. The first-order valence-electron chi connectivity index (χ1n) is 8.78. The van der Waals surface area contributed by atoms with E-state index in [1.54, 1.807) is 24.0 Å². The van der Waals surface area contributed by atoms with Crippen molar-refractivity contribution in [3.63, 3.8) is 0 Å². The summed E-state index contributed by atoms with van der Waals surface area (Å²) >= 11 is 0. The quantitative estimate of drug-likeness (QED) is 0.741. The van der Waals surface area contributed by atoms with Crippen LogP contribution in [0.4, 0.5) is 30.4 Å². The summed E-state index contributed by atoms with van der Waals surface area (Å²) in [5.41, 5.74) is 3.06. The molecule has 2 aromatic heterocycles. The van der Waals surface area contributed by atoms with Gasteiger partial charge in [0.15, 0.2) is 0 Å². The van der Waals surface area contributed by atoms with Gasteiger partial charge in [0.2, 0.25) is 5.91 Å². The lowest BCUT2D eigenvalue weighted by Crippen LogP contribution is -2.34. The Labute approximate surface area is 158 Å². The molecule has 0 spiro atoms. The normalized spacial score (nSPS) is 14.5. The van der Waals surface area contributed by atoms with Crippen molar-refractivity contribution in [1.29, 1.82) is 0 Å². The third-order valence-corrected chi connectivity index (χ3v) is 4.56. The maximum atomic E-state index is 13.0. The summed E-state index contributed by atoms with van der Waals surface area (Å²) in [6.07, 6.45) is -3.60. The van der Waals surface area contributed by atoms with Crippen molar-refractivity contribution in [2.45, 2.75) is 32.9 Å². The van der Waals surface area contributed by atoms with Gasteiger partial charge in [-0.05, 0) is 44.0 Å². The zero-order valence-electron chi connectivity index (χ0n) is 15.2. The molecule has 3 aromatic rings. The van der Waals surface area contributed by atoms with Crippen LogP contribution in [0.3, 0.4) is 0 Å². The number of aryl methyl sites for hydroxylation is 2. The summed E-state index contributed by atoms with van der Waals surface area (Å²) in [5, 5.41) is 6.64. The number of benzene rings is 1. The van der Waals surface area contributed by atoms with Crippen molar-refractivity contribution in [3.05, 3.63) is 41.3 Å². The van der Waals surface area contributed by atoms with Gasteiger partial charge in [0.05, 0.1) is 0 Å². The molecule has 0 aliphatic carbocycles. The second-order valence-corrected chi connectivity index (χ2v) is 6.53. The van der Waals surface area contributed by atoms with Crippen LogP contribution in [0.15, 0.2) is 24.3 Å². The summed E-state index contributed by atoms with van der Waals surface area (Å²) < 4.78 is 39.9. The van der Waals surface area contributed by atoms with Crippen LogP contribution in [-0.4, -0.2) is 32.0 Å². The Balaban J connectivity index is 1.72. The van der Waals surface area contributed by atoms with E-state index >= 15 is 0 Å². The van der Waals surface area contributed by atoms with Crippen LogP contribution in [0.1, 0.15) is 30.4 Å². The first-order valence-corrected chi connectivity index (χ1v) is 8.78. The zero-order valence-corrected chi connectivity index (χ0v) is 15.2. The van der Waals surface area contributed by atoms with Gasteiger partial charge in [-0.15, -0.1) is 5.10 Å². The molecule has 4 rings (SSSR count). The average molecular weight is 390 g/mol. The lowest BCUT2D eigenvalue weighted by Gasteiger charge is -2.28. The molecule has 10 heteroatoms. The van der Waals surface area contributed by atoms with Gasteiger partial charge >= 0.3 is 6.18 Å². The zero-order chi connectivity index (χ0) is 20.1. The highest BCUT2D eigenvalue weighted by Crippen LogP contribution is 2.32. The Kier molecular flexibility index (Phi) is 4.20. The molecule has 1 N–H and O–H groups in total. The van der Waals surface area contributed by atoms with E-state index in [9.17, 15) is 18.0 Å². The van der Waals surface area contributed by atoms with Gasteiger partial charge in [0.25, 0.3) is 11.6 Å². The highest BCUT2D eigenvalue weighted by atomic mass is 19.4. The van der Waals surface area contributed by atoms with Crippen LogP contribution in [0.5, 0.6) is 0 Å². The molecule has 0 unspecified atom stereocenters. The number of alkyl halides is 3. The lowest BCUT2D eigenvalue weighted by atomic mass is 10.0. The topological polar surface area (TPSA) is 75.4 Å². The maximum absolute atomic E-state index is 13.0. The van der Waals surface area contributed by atoms with E-state index in [0.29, 0.717) is 36.6 Å². The fraction of sp³-hybridized carbons (Fsp3) is 0.333. The molecule has 0 bridgehead atoms. The molecule has 0 saturated heterocycles. The maximum Gasteiger partial charge on any atom is 0.453 e. The van der Waals surface area contributed by atoms with Crippen molar-refractivity contribution in [2.75, 3.05) is 16.8 Å². The summed E-state index contributed by atoms with van der Waals surface area (Å²) in [6, 6.07) is 7.12. The molecule has 1 aliphatic rings. The number of carbonyl (C=O) groups excluding carboxylic acids is 1. The summed E-state index contributed by atoms with van der Waals surface area (Å²) in [7, 11) is 0. The number of anilines is 3. The fourth-order valence-electron chi connectivity index (χ4n) is 3.33. The molecule has 0 atom stereocenters. The van der Waals surface area contributed by atoms with E-state index in [1.165, 1.54) is 0 Å². The van der Waals surface area contributed by atoms with Crippen LogP contribution in [-0.2, 0) is 17.4 Å². The predicted octanol–water partition coefficient (Wildman–Crippen LogP) is 3.49. The SMILES string of the molecule is CCN1C(=O)CCc2cc(Nc3cc(C)nc4nc(C(F)(F)F)nn34)ccc21. The van der Waals surface area contributed by atoms with Crippen LogP contribution in [0.25, 0.3) is 5.78 Å². The minimum absolute atomic E-state index is 0.0875. The summed E-state index contributed by atoms with van der Waals surface area (Å²) in [4.78, 5) is 21.2. The highest BCUT2D eigenvalue weighted by Gasteiger charge is 2.37. The van der Waals surface area contributed by atoms with Gasteiger partial charge in [-0.2, -0.15) is 22.7 Å². The Hall–Kier alpha value is -3.17. The molecular formula is C18H17F3N6O. The highest BCUT2D eigenvalue weighted by molar-refractivity contribution is 5.96. The molecule has 1 amide bonds. The molecule has 1 aliphatic heterocycles. The standard InChI is InChI=1S/C18H17F3N6O/c1-3-26-13-6-5-12(9-11(13)4-7-15(26)28)23-14-8-10(2)22-17-24-16(18(19,20)21)25-27(14)17/h5-6,8-9,23H,3-4,7H2,1-2H3. The van der Waals surface area contributed by atoms with E-state index in [0.717, 1.165) is 15.8 Å². The monoisotopic (exact) mass is 390 g/mol. The number of carbonyl (C=O) groups is 1. The second-order valence-electron chi connectivity index (χ2n) is 6.53. The van der Waals surface area contributed by atoms with E-state index in [4.69, 9.17) is 0 Å². The van der Waals surface area contributed by atoms with Crippen molar-refractivity contribution >= 4 is 28.9 Å². The third-order valence-electron chi connectivity index (χ3n) is 4.56. The predicted molar refractivity (Wildman–Crippen MR) is 96.6 cm³/mol. The number of amides is 1. The minimum Gasteiger partial charge on any atom is -0.340 e. The molecule has 0 radical (unpaired) electrons. The van der Waals surface area contributed by atoms with Gasteiger partial charge in [-0.3, -0.25) is 4.79 Å². The first kappa shape index (κ1) is 18.2. The van der Waals surface area contributed by atoms with Crippen molar-refractivity contribution in [1.82, 2.24) is 19.6 Å². The van der Waals surface area contributed by atoms with E-state index < -0.39 is 12.0 Å². The molecule has 0 fully saturated rings. The van der Waals surface area contributed by atoms with Crippen LogP contribution >= 0.6 is 0 Å². The number of nitrogens with zero attached hydrogens (tertiary/aromatic N) is 5. The average Bonchev–Trinajstić information content (AvgIpc) is 3.06. The second kappa shape index (κ2) is 6.47. The van der Waals surface area contributed by atoms with E-state index in [-0.39, 0.29) is 11.7 Å². The van der Waals surface area contributed by atoms with Crippen molar-refractivity contribution in [2.24, 2.45) is 0 Å². The van der Waals surface area contributed by atoms with E-state index in [2.05, 4.69) is 20.4 Å². The number of halogens is 3. The van der Waals surface area contributed by atoms with Crippen LogP contribution < -0.4 is 10.2 Å². The van der Waals surface area contributed by atoms with Gasteiger partial charge in [-0.25, -0.2) is 4.98 Å². The molecule has 28 heavy (non-hydrogen) atoms. The lowest BCUT2D eigenvalue weighted by molar-refractivity contribution is -0.144. The largest absolute Gasteiger partial charge is 0.453 e. The molecular weight excluding hydrogens is 373 g/mol. The van der Waals surface area contributed by atoms with Gasteiger partial charge in [0, 0.05) is 36.1 Å². The number of hydrogen-bond donors (Lipinski definition) is 1. The molecule has 3 heterocycles. The number of nitrogens with one attached hydrogen (secondary N) is 1. The summed E-state index contributed by atoms with van der Waals surface area (Å²) in [6.45, 7) is 4.17. The van der Waals surface area contributed by atoms with Crippen LogP contribution in [0, 0.1) is 6.92 Å². The number of fused-ring (bicyclic) bond motifs is 2. The third kappa shape index (κ3) is 3.14.